The van der Waals surface area contributed by atoms with Crippen LogP contribution in [0.1, 0.15) is 55.7 Å². The van der Waals surface area contributed by atoms with Crippen LogP contribution in [0.5, 0.6) is 28.7 Å². The van der Waals surface area contributed by atoms with Crippen molar-refractivity contribution in [1.29, 1.82) is 0 Å². The minimum absolute atomic E-state index is 0.000571. The van der Waals surface area contributed by atoms with E-state index in [-0.39, 0.29) is 31.7 Å². The third-order valence-electron chi connectivity index (χ3n) is 10.8. The Balaban J connectivity index is 0.966. The topological polar surface area (TPSA) is 149 Å². The number of nitrogens with one attached hydrogen (secondary N) is 1. The zero-order valence-corrected chi connectivity index (χ0v) is 34.7. The molecular formula is C47H40Cl2N4O8. The van der Waals surface area contributed by atoms with Crippen LogP contribution in [0.15, 0.2) is 116 Å². The van der Waals surface area contributed by atoms with Crippen LogP contribution in [0.2, 0.25) is 10.0 Å². The number of benzene rings is 4. The molecule has 0 bridgehead atoms. The number of hydrogen-bond acceptors (Lipinski definition) is 9. The number of carboxylic acids is 1. The van der Waals surface area contributed by atoms with Gasteiger partial charge >= 0.3 is 5.97 Å². The van der Waals surface area contributed by atoms with E-state index in [4.69, 9.17) is 42.1 Å². The normalized spacial score (nSPS) is 15.9. The van der Waals surface area contributed by atoms with Gasteiger partial charge in [0.1, 0.15) is 48.2 Å². The number of rotatable bonds is 12. The Labute approximate surface area is 362 Å². The maximum absolute atomic E-state index is 14.1. The smallest absolute Gasteiger partial charge is 0.326 e. The average Bonchev–Trinajstić information content (AvgIpc) is 3.27. The maximum atomic E-state index is 14.1. The predicted molar refractivity (Wildman–Crippen MR) is 228 cm³/mol. The highest BCUT2D eigenvalue weighted by molar-refractivity contribution is 6.42. The fraction of sp³-hybridized carbons (Fsp3) is 0.213. The van der Waals surface area contributed by atoms with Crippen LogP contribution in [0, 0.1) is 13.8 Å². The van der Waals surface area contributed by atoms with Crippen LogP contribution >= 0.6 is 23.2 Å². The molecule has 2 aromatic heterocycles. The Morgan fingerprint density at radius 3 is 2.34 bits per heavy atom. The molecule has 14 heteroatoms. The molecule has 0 fully saturated rings. The summed E-state index contributed by atoms with van der Waals surface area (Å²) in [6.45, 7) is 4.43. The Kier molecular flexibility index (Phi) is 12.1. The highest BCUT2D eigenvalue weighted by Crippen LogP contribution is 2.41. The molecule has 2 aliphatic heterocycles. The van der Waals surface area contributed by atoms with Gasteiger partial charge in [-0.2, -0.15) is 0 Å². The van der Waals surface area contributed by atoms with Gasteiger partial charge in [0, 0.05) is 43.0 Å². The van der Waals surface area contributed by atoms with Crippen molar-refractivity contribution >= 4 is 41.0 Å². The number of nitrogens with zero attached hydrogens (tertiary/aromatic N) is 3. The number of hydrogen-bond donors (Lipinski definition) is 2. The Hall–Kier alpha value is -6.63. The Morgan fingerprint density at radius 1 is 0.852 bits per heavy atom. The summed E-state index contributed by atoms with van der Waals surface area (Å²) in [6, 6.07) is 28.0. The lowest BCUT2D eigenvalue weighted by molar-refractivity contribution is -0.142. The van der Waals surface area contributed by atoms with Gasteiger partial charge in [0.05, 0.1) is 10.0 Å². The molecule has 0 spiro atoms. The molecule has 0 saturated carbocycles. The second-order valence-electron chi connectivity index (χ2n) is 14.8. The number of halogens is 2. The van der Waals surface area contributed by atoms with Gasteiger partial charge in [-0.1, -0.05) is 59.6 Å². The van der Waals surface area contributed by atoms with Crippen LogP contribution < -0.4 is 24.3 Å². The molecule has 2 aliphatic rings. The number of aryl methyl sites for hydroxylation is 1. The molecule has 0 aliphatic carbocycles. The van der Waals surface area contributed by atoms with Gasteiger partial charge in [0.2, 0.25) is 5.91 Å². The summed E-state index contributed by atoms with van der Waals surface area (Å²) in [4.78, 5) is 50.7. The number of carbonyl (C=O) groups excluding carboxylic acids is 2. The zero-order valence-electron chi connectivity index (χ0n) is 33.1. The summed E-state index contributed by atoms with van der Waals surface area (Å²) >= 11 is 12.2. The summed E-state index contributed by atoms with van der Waals surface area (Å²) in [6.07, 6.45) is 2.87. The lowest BCUT2D eigenvalue weighted by Gasteiger charge is -2.37. The second-order valence-corrected chi connectivity index (χ2v) is 15.6. The fourth-order valence-corrected chi connectivity index (χ4v) is 7.55. The first-order valence-electron chi connectivity index (χ1n) is 19.5. The lowest BCUT2D eigenvalue weighted by Crippen LogP contribution is -2.56. The Bertz CT molecular complexity index is 2590. The summed E-state index contributed by atoms with van der Waals surface area (Å²) in [7, 11) is 0. The monoisotopic (exact) mass is 858 g/mol. The van der Waals surface area contributed by atoms with Gasteiger partial charge in [0.25, 0.3) is 5.91 Å². The first-order chi connectivity index (χ1) is 29.5. The number of amides is 2. The van der Waals surface area contributed by atoms with E-state index in [0.717, 1.165) is 33.5 Å². The number of ether oxygens (including phenoxy) is 4. The standard InChI is InChI=1S/C47H40Cl2N4O8/c1-27-28(2)50-18-16-41(27)60-35-11-6-29(7-12-35)20-39(47(56)57)52-45(54)40-21-32-22-42-43(23-33(32)24-53(40)46(55)38-5-3-4-17-51-38)61-44(26-59-42)31-9-13-34(14-10-31)58-25-30-8-15-36(48)37(49)19-30/h3-19,22-23,39-40,44H,20-21,24-26H2,1-2H3,(H,52,54)(H,56,57)/t39?,40-,44+/m0/s1. The molecule has 2 amide bonds. The van der Waals surface area contributed by atoms with Crippen molar-refractivity contribution < 1.29 is 38.4 Å². The van der Waals surface area contributed by atoms with Crippen LogP contribution in [0.3, 0.4) is 0 Å². The molecule has 4 heterocycles. The minimum Gasteiger partial charge on any atom is -0.489 e. The van der Waals surface area contributed by atoms with E-state index in [1.54, 1.807) is 66.9 Å². The van der Waals surface area contributed by atoms with Crippen molar-refractivity contribution in [1.82, 2.24) is 20.2 Å². The SMILES string of the molecule is Cc1nccc(Oc2ccc(CC(NC(=O)[C@@H]3Cc4cc5c(cc4CN3C(=O)c3ccccn3)O[C@@H](c3ccc(OCc4ccc(Cl)c(Cl)c4)cc3)CO5)C(=O)O)cc2)c1C. The van der Waals surface area contributed by atoms with Gasteiger partial charge in [0.15, 0.2) is 17.6 Å². The summed E-state index contributed by atoms with van der Waals surface area (Å²) in [5.74, 6) is 0.621. The fourth-order valence-electron chi connectivity index (χ4n) is 7.23. The van der Waals surface area contributed by atoms with Crippen LogP contribution in [-0.4, -0.2) is 56.4 Å². The van der Waals surface area contributed by atoms with Gasteiger partial charge in [-0.05, 0) is 108 Å². The maximum Gasteiger partial charge on any atom is 0.326 e. The molecule has 61 heavy (non-hydrogen) atoms. The molecule has 8 rings (SSSR count). The van der Waals surface area contributed by atoms with Crippen molar-refractivity contribution in [2.24, 2.45) is 0 Å². The Morgan fingerprint density at radius 2 is 1.61 bits per heavy atom. The zero-order chi connectivity index (χ0) is 42.6. The summed E-state index contributed by atoms with van der Waals surface area (Å²) < 4.78 is 24.6. The molecular weight excluding hydrogens is 819 g/mol. The molecule has 0 saturated heterocycles. The number of fused-ring (bicyclic) bond motifs is 2. The van der Waals surface area contributed by atoms with Crippen molar-refractivity contribution in [3.05, 3.63) is 170 Å². The van der Waals surface area contributed by atoms with Gasteiger partial charge in [-0.25, -0.2) is 4.79 Å². The van der Waals surface area contributed by atoms with Crippen molar-refractivity contribution in [3.63, 3.8) is 0 Å². The second kappa shape index (κ2) is 17.9. The molecule has 1 unspecified atom stereocenters. The molecule has 310 valence electrons. The molecule has 12 nitrogen and oxygen atoms in total. The lowest BCUT2D eigenvalue weighted by atomic mass is 9.91. The predicted octanol–water partition coefficient (Wildman–Crippen LogP) is 8.66. The highest BCUT2D eigenvalue weighted by Gasteiger charge is 2.38. The van der Waals surface area contributed by atoms with E-state index in [0.29, 0.717) is 51.0 Å². The number of aromatic nitrogens is 2. The van der Waals surface area contributed by atoms with Crippen molar-refractivity contribution in [3.8, 4) is 28.7 Å². The van der Waals surface area contributed by atoms with Crippen LogP contribution in [0.25, 0.3) is 0 Å². The van der Waals surface area contributed by atoms with Crippen LogP contribution in [-0.2, 0) is 35.6 Å². The van der Waals surface area contributed by atoms with Gasteiger partial charge < -0.3 is 34.3 Å². The number of aliphatic carboxylic acids is 1. The van der Waals surface area contributed by atoms with E-state index in [9.17, 15) is 19.5 Å². The minimum atomic E-state index is -1.28. The highest BCUT2D eigenvalue weighted by atomic mass is 35.5. The largest absolute Gasteiger partial charge is 0.489 e. The van der Waals surface area contributed by atoms with E-state index in [2.05, 4.69) is 15.3 Å². The first kappa shape index (κ1) is 41.1. The van der Waals surface area contributed by atoms with E-state index < -0.39 is 36.0 Å². The van der Waals surface area contributed by atoms with E-state index >= 15 is 0 Å². The molecule has 6 aromatic rings. The number of carbonyl (C=O) groups is 3. The summed E-state index contributed by atoms with van der Waals surface area (Å²) in [5, 5.41) is 13.9. The number of carboxylic acid groups (broad SMARTS) is 1. The first-order valence-corrected chi connectivity index (χ1v) is 20.3. The van der Waals surface area contributed by atoms with Gasteiger partial charge in [-0.3, -0.25) is 19.6 Å². The molecule has 4 aromatic carbocycles. The number of pyridine rings is 2. The summed E-state index contributed by atoms with van der Waals surface area (Å²) in [5.41, 5.74) is 5.89. The molecule has 3 atom stereocenters. The average molecular weight is 860 g/mol. The van der Waals surface area contributed by atoms with E-state index in [1.165, 1.54) is 11.1 Å². The van der Waals surface area contributed by atoms with Crippen molar-refractivity contribution in [2.45, 2.75) is 58.0 Å². The third-order valence-corrected chi connectivity index (χ3v) is 11.5. The molecule has 0 radical (unpaired) electrons. The van der Waals surface area contributed by atoms with E-state index in [1.807, 2.05) is 56.3 Å². The van der Waals surface area contributed by atoms with Gasteiger partial charge in [-0.15, -0.1) is 0 Å². The van der Waals surface area contributed by atoms with Crippen LogP contribution in [0.4, 0.5) is 0 Å². The molecule has 2 N–H and O–H groups in total. The quantitative estimate of drug-likeness (QED) is 0.122. The van der Waals surface area contributed by atoms with Crippen molar-refractivity contribution in [2.75, 3.05) is 6.61 Å². The third kappa shape index (κ3) is 9.41.